The molecule has 1 atom stereocenters. The zero-order chi connectivity index (χ0) is 32.8. The fourth-order valence-corrected chi connectivity index (χ4v) is 6.30. The van der Waals surface area contributed by atoms with E-state index in [1.54, 1.807) is 74.7 Å². The van der Waals surface area contributed by atoms with Crippen LogP contribution < -0.4 is 33.8 Å². The average Bonchev–Trinajstić information content (AvgIpc) is 3.37. The summed E-state index contributed by atoms with van der Waals surface area (Å²) in [7, 11) is 4.59. The molecular formula is C35H35FN2O7S. The quantitative estimate of drug-likeness (QED) is 0.192. The van der Waals surface area contributed by atoms with E-state index in [0.717, 1.165) is 6.42 Å². The number of thiazole rings is 1. The predicted octanol–water partition coefficient (Wildman–Crippen LogP) is 5.32. The molecule has 0 amide bonds. The summed E-state index contributed by atoms with van der Waals surface area (Å²) >= 11 is 1.22. The van der Waals surface area contributed by atoms with Crippen molar-refractivity contribution in [1.82, 2.24) is 4.57 Å². The molecule has 0 radical (unpaired) electrons. The summed E-state index contributed by atoms with van der Waals surface area (Å²) in [6.45, 7) is 3.92. The second-order valence-electron chi connectivity index (χ2n) is 10.3. The first kappa shape index (κ1) is 32.5. The molecule has 1 aromatic heterocycles. The van der Waals surface area contributed by atoms with Gasteiger partial charge in [0.25, 0.3) is 5.56 Å². The van der Waals surface area contributed by atoms with E-state index in [1.807, 2.05) is 6.92 Å². The Morgan fingerprint density at radius 3 is 2.43 bits per heavy atom. The maximum atomic E-state index is 14.2. The molecule has 2 heterocycles. The minimum atomic E-state index is -0.868. The largest absolute Gasteiger partial charge is 0.497 e. The third kappa shape index (κ3) is 6.55. The van der Waals surface area contributed by atoms with Crippen molar-refractivity contribution < 1.29 is 32.9 Å². The standard InChI is InChI=1S/C35H35FN2O7S/c1-6-10-26-31(34(40)44-7-2)32(24-19-23(41-3)14-16-27(24)42-4)38-33(39)30(46-35(38)37-26)18-21-13-15-28(29(17-21)43-5)45-20-22-11-8-9-12-25(22)36/h8-9,11-19,32H,6-7,10,20H2,1-5H3. The van der Waals surface area contributed by atoms with E-state index in [9.17, 15) is 14.0 Å². The molecule has 0 bridgehead atoms. The van der Waals surface area contributed by atoms with Gasteiger partial charge in [-0.15, -0.1) is 0 Å². The van der Waals surface area contributed by atoms with Crippen LogP contribution in [0.4, 0.5) is 4.39 Å². The van der Waals surface area contributed by atoms with Crippen LogP contribution in [0.5, 0.6) is 23.0 Å². The molecule has 9 nitrogen and oxygen atoms in total. The van der Waals surface area contributed by atoms with Crippen LogP contribution in [-0.2, 0) is 16.1 Å². The molecule has 0 saturated heterocycles. The number of hydrogen-bond acceptors (Lipinski definition) is 9. The van der Waals surface area contributed by atoms with Gasteiger partial charge in [0, 0.05) is 11.1 Å². The topological polar surface area (TPSA) is 97.6 Å². The Kier molecular flexibility index (Phi) is 10.2. The SMILES string of the molecule is CCCC1=C(C(=O)OCC)C(c2cc(OC)ccc2OC)n2c(sc(=Cc3ccc(OCc4ccccc4F)c(OC)c3)c2=O)=N1. The maximum absolute atomic E-state index is 14.2. The summed E-state index contributed by atoms with van der Waals surface area (Å²) in [5.41, 5.74) is 2.17. The predicted molar refractivity (Wildman–Crippen MR) is 173 cm³/mol. The van der Waals surface area contributed by atoms with Crippen molar-refractivity contribution in [3.8, 4) is 23.0 Å². The molecule has 1 unspecified atom stereocenters. The van der Waals surface area contributed by atoms with Crippen LogP contribution in [-0.4, -0.2) is 38.5 Å². The Hall–Kier alpha value is -4.90. The Morgan fingerprint density at radius 1 is 0.978 bits per heavy atom. The molecule has 5 rings (SSSR count). The number of carbonyl (C=O) groups is 1. The lowest BCUT2D eigenvalue weighted by Crippen LogP contribution is -2.40. The maximum Gasteiger partial charge on any atom is 0.338 e. The number of carbonyl (C=O) groups excluding carboxylic acids is 1. The van der Waals surface area contributed by atoms with Gasteiger partial charge in [-0.25, -0.2) is 14.2 Å². The number of nitrogens with zero attached hydrogens (tertiary/aromatic N) is 2. The van der Waals surface area contributed by atoms with Crippen molar-refractivity contribution in [2.24, 2.45) is 4.99 Å². The first-order chi connectivity index (χ1) is 22.3. The summed E-state index contributed by atoms with van der Waals surface area (Å²) in [6.07, 6.45) is 2.97. The van der Waals surface area contributed by atoms with Crippen molar-refractivity contribution in [2.75, 3.05) is 27.9 Å². The van der Waals surface area contributed by atoms with Crippen LogP contribution in [0.3, 0.4) is 0 Å². The number of hydrogen-bond donors (Lipinski definition) is 0. The Bertz CT molecular complexity index is 1960. The summed E-state index contributed by atoms with van der Waals surface area (Å²) in [5.74, 6) is 0.973. The molecule has 11 heteroatoms. The van der Waals surface area contributed by atoms with E-state index in [1.165, 1.54) is 36.2 Å². The van der Waals surface area contributed by atoms with Crippen molar-refractivity contribution in [2.45, 2.75) is 39.3 Å². The van der Waals surface area contributed by atoms with E-state index in [-0.39, 0.29) is 30.2 Å². The van der Waals surface area contributed by atoms with Gasteiger partial charge < -0.3 is 23.7 Å². The number of rotatable bonds is 12. The van der Waals surface area contributed by atoms with Crippen LogP contribution in [0.15, 0.2) is 81.7 Å². The van der Waals surface area contributed by atoms with Crippen LogP contribution in [0.25, 0.3) is 6.08 Å². The molecule has 0 saturated carbocycles. The van der Waals surface area contributed by atoms with Crippen LogP contribution in [0, 0.1) is 5.82 Å². The van der Waals surface area contributed by atoms with Crippen LogP contribution in [0.2, 0.25) is 0 Å². The van der Waals surface area contributed by atoms with Crippen molar-refractivity contribution >= 4 is 23.4 Å². The molecule has 0 N–H and O–H groups in total. The highest BCUT2D eigenvalue weighted by Crippen LogP contribution is 2.39. The van der Waals surface area contributed by atoms with Gasteiger partial charge in [0.1, 0.15) is 30.0 Å². The Balaban J connectivity index is 1.63. The summed E-state index contributed by atoms with van der Waals surface area (Å²) in [6, 6.07) is 16.0. The molecule has 1 aliphatic rings. The molecular weight excluding hydrogens is 611 g/mol. The lowest BCUT2D eigenvalue weighted by molar-refractivity contribution is -0.139. The molecule has 1 aliphatic heterocycles. The summed E-state index contributed by atoms with van der Waals surface area (Å²) in [4.78, 5) is 33.0. The van der Waals surface area contributed by atoms with Crippen molar-refractivity contribution in [3.05, 3.63) is 114 Å². The fraction of sp³-hybridized carbons (Fsp3) is 0.286. The van der Waals surface area contributed by atoms with Crippen molar-refractivity contribution in [3.63, 3.8) is 0 Å². The summed E-state index contributed by atoms with van der Waals surface area (Å²) < 4.78 is 44.1. The molecule has 0 fully saturated rings. The summed E-state index contributed by atoms with van der Waals surface area (Å²) in [5, 5.41) is 0. The van der Waals surface area contributed by atoms with Gasteiger partial charge >= 0.3 is 5.97 Å². The number of halogens is 1. The third-order valence-electron chi connectivity index (χ3n) is 7.45. The minimum absolute atomic E-state index is 0.0254. The van der Waals surface area contributed by atoms with Crippen molar-refractivity contribution in [1.29, 1.82) is 0 Å². The molecule has 0 spiro atoms. The third-order valence-corrected chi connectivity index (χ3v) is 8.43. The Morgan fingerprint density at radius 2 is 1.74 bits per heavy atom. The number of benzene rings is 3. The molecule has 0 aliphatic carbocycles. The van der Waals surface area contributed by atoms with Gasteiger partial charge in [-0.05, 0) is 61.4 Å². The normalized spacial score (nSPS) is 14.4. The zero-order valence-corrected chi connectivity index (χ0v) is 27.1. The molecule has 46 heavy (non-hydrogen) atoms. The highest BCUT2D eigenvalue weighted by atomic mass is 32.1. The smallest absolute Gasteiger partial charge is 0.338 e. The fourth-order valence-electron chi connectivity index (χ4n) is 5.28. The number of aromatic nitrogens is 1. The van der Waals surface area contributed by atoms with Gasteiger partial charge in [-0.1, -0.05) is 48.9 Å². The average molecular weight is 647 g/mol. The van der Waals surface area contributed by atoms with Gasteiger partial charge in [0.05, 0.1) is 43.7 Å². The van der Waals surface area contributed by atoms with Gasteiger partial charge in [-0.2, -0.15) is 0 Å². The minimum Gasteiger partial charge on any atom is -0.497 e. The second-order valence-corrected chi connectivity index (χ2v) is 11.3. The van der Waals surface area contributed by atoms with Crippen LogP contribution in [0.1, 0.15) is 49.4 Å². The first-order valence-corrected chi connectivity index (χ1v) is 15.6. The molecule has 3 aromatic carbocycles. The number of allylic oxidation sites excluding steroid dienone is 1. The number of ether oxygens (including phenoxy) is 5. The number of fused-ring (bicyclic) bond motifs is 1. The highest BCUT2D eigenvalue weighted by Gasteiger charge is 2.36. The highest BCUT2D eigenvalue weighted by molar-refractivity contribution is 7.07. The van der Waals surface area contributed by atoms with E-state index in [4.69, 9.17) is 28.7 Å². The van der Waals surface area contributed by atoms with E-state index in [0.29, 0.717) is 61.1 Å². The lowest BCUT2D eigenvalue weighted by atomic mass is 9.93. The van der Waals surface area contributed by atoms with E-state index >= 15 is 0 Å². The Labute approximate surface area is 269 Å². The lowest BCUT2D eigenvalue weighted by Gasteiger charge is -2.27. The molecule has 240 valence electrons. The second kappa shape index (κ2) is 14.5. The monoisotopic (exact) mass is 646 g/mol. The van der Waals surface area contributed by atoms with Gasteiger partial charge in [0.2, 0.25) is 0 Å². The van der Waals surface area contributed by atoms with Crippen LogP contribution >= 0.6 is 11.3 Å². The number of esters is 1. The zero-order valence-electron chi connectivity index (χ0n) is 26.3. The number of methoxy groups -OCH3 is 3. The van der Waals surface area contributed by atoms with Gasteiger partial charge in [0.15, 0.2) is 16.3 Å². The molecule has 4 aromatic rings. The van der Waals surface area contributed by atoms with Gasteiger partial charge in [-0.3, -0.25) is 9.36 Å². The van der Waals surface area contributed by atoms with E-state index < -0.39 is 12.0 Å². The first-order valence-electron chi connectivity index (χ1n) is 14.8. The van der Waals surface area contributed by atoms with E-state index in [2.05, 4.69) is 0 Å².